The Hall–Kier alpha value is -2.90. The second kappa shape index (κ2) is 12.4. The van der Waals surface area contributed by atoms with E-state index in [0.29, 0.717) is 29.8 Å². The highest BCUT2D eigenvalue weighted by atomic mass is 35.5. The normalized spacial score (nSPS) is 10.5. The smallest absolute Gasteiger partial charge is 0.234 e. The first kappa shape index (κ1) is 26.4. The number of hydrogen-bond donors (Lipinski definition) is 3. The van der Waals surface area contributed by atoms with Gasteiger partial charge in [0.25, 0.3) is 0 Å². The maximum absolute atomic E-state index is 12.8. The number of rotatable bonds is 8. The third kappa shape index (κ3) is 6.12. The standard InChI is InChI=1S/C25H25N3O3.2ClH/c26-12-5-13-27-16-24(30)28-15-18-8-4-11-21-22(29)14-23(31-25(18)21)20-10-3-7-17-6-1-2-9-19(17)20;;/h1-4,6-11,14,27H,5,12-13,15-16,26H2,(H,28,30);2*1H. The van der Waals surface area contributed by atoms with Crippen LogP contribution in [0.4, 0.5) is 0 Å². The van der Waals surface area contributed by atoms with Gasteiger partial charge in [0.2, 0.25) is 5.91 Å². The zero-order chi connectivity index (χ0) is 21.6. The average molecular weight is 488 g/mol. The van der Waals surface area contributed by atoms with Crippen LogP contribution in [0.15, 0.2) is 75.9 Å². The van der Waals surface area contributed by atoms with Crippen LogP contribution in [0, 0.1) is 0 Å². The molecular weight excluding hydrogens is 461 g/mol. The highest BCUT2D eigenvalue weighted by Crippen LogP contribution is 2.30. The summed E-state index contributed by atoms with van der Waals surface area (Å²) in [6.45, 7) is 1.77. The minimum absolute atomic E-state index is 0. The zero-order valence-corrected chi connectivity index (χ0v) is 19.6. The van der Waals surface area contributed by atoms with Crippen molar-refractivity contribution < 1.29 is 9.21 Å². The van der Waals surface area contributed by atoms with Crippen molar-refractivity contribution in [2.75, 3.05) is 19.6 Å². The predicted molar refractivity (Wildman–Crippen MR) is 138 cm³/mol. The number of nitrogens with two attached hydrogens (primary N) is 1. The van der Waals surface area contributed by atoms with E-state index in [1.54, 1.807) is 12.1 Å². The summed E-state index contributed by atoms with van der Waals surface area (Å²) in [7, 11) is 0. The number of amides is 1. The van der Waals surface area contributed by atoms with Gasteiger partial charge < -0.3 is 20.8 Å². The van der Waals surface area contributed by atoms with Crippen LogP contribution in [0.3, 0.4) is 0 Å². The average Bonchev–Trinajstić information content (AvgIpc) is 2.80. The summed E-state index contributed by atoms with van der Waals surface area (Å²) in [5, 5.41) is 8.52. The molecule has 6 nitrogen and oxygen atoms in total. The molecule has 0 unspecified atom stereocenters. The molecule has 4 rings (SSSR count). The van der Waals surface area contributed by atoms with Gasteiger partial charge in [0.15, 0.2) is 5.43 Å². The second-order valence-electron chi connectivity index (χ2n) is 7.39. The van der Waals surface area contributed by atoms with E-state index < -0.39 is 0 Å². The van der Waals surface area contributed by atoms with Crippen molar-refractivity contribution in [3.63, 3.8) is 0 Å². The summed E-state index contributed by atoms with van der Waals surface area (Å²) in [5.74, 6) is 0.387. The van der Waals surface area contributed by atoms with E-state index in [9.17, 15) is 9.59 Å². The predicted octanol–water partition coefficient (Wildman–Crippen LogP) is 4.01. The van der Waals surface area contributed by atoms with Crippen LogP contribution in [0.25, 0.3) is 33.1 Å². The molecule has 8 heteroatoms. The minimum atomic E-state index is -0.124. The number of halogens is 2. The quantitative estimate of drug-likeness (QED) is 0.326. The second-order valence-corrected chi connectivity index (χ2v) is 7.39. The maximum Gasteiger partial charge on any atom is 0.234 e. The van der Waals surface area contributed by atoms with Gasteiger partial charge in [-0.15, -0.1) is 24.8 Å². The molecule has 0 radical (unpaired) electrons. The first-order valence-corrected chi connectivity index (χ1v) is 10.4. The molecular formula is C25H27Cl2N3O3. The van der Waals surface area contributed by atoms with E-state index in [1.807, 2.05) is 48.5 Å². The summed E-state index contributed by atoms with van der Waals surface area (Å²) in [5.41, 5.74) is 7.46. The Morgan fingerprint density at radius 2 is 1.67 bits per heavy atom. The molecule has 0 saturated carbocycles. The first-order chi connectivity index (χ1) is 15.2. The van der Waals surface area contributed by atoms with Crippen LogP contribution in [0.2, 0.25) is 0 Å². The Kier molecular flexibility index (Phi) is 9.88. The van der Waals surface area contributed by atoms with Crippen molar-refractivity contribution in [1.82, 2.24) is 10.6 Å². The lowest BCUT2D eigenvalue weighted by molar-refractivity contribution is -0.120. The van der Waals surface area contributed by atoms with Crippen molar-refractivity contribution in [2.45, 2.75) is 13.0 Å². The number of benzene rings is 3. The van der Waals surface area contributed by atoms with E-state index in [-0.39, 0.29) is 49.2 Å². The van der Waals surface area contributed by atoms with Crippen LogP contribution < -0.4 is 21.8 Å². The zero-order valence-electron chi connectivity index (χ0n) is 18.0. The Bertz CT molecular complexity index is 1290. The molecule has 0 spiro atoms. The number of hydrogen-bond acceptors (Lipinski definition) is 5. The van der Waals surface area contributed by atoms with E-state index in [0.717, 1.165) is 28.3 Å². The van der Waals surface area contributed by atoms with Crippen LogP contribution in [-0.2, 0) is 11.3 Å². The van der Waals surface area contributed by atoms with Gasteiger partial charge in [-0.3, -0.25) is 9.59 Å². The highest BCUT2D eigenvalue weighted by Gasteiger charge is 2.13. The number of carbonyl (C=O) groups excluding carboxylic acids is 1. The third-order valence-electron chi connectivity index (χ3n) is 5.21. The third-order valence-corrected chi connectivity index (χ3v) is 5.21. The summed E-state index contributed by atoms with van der Waals surface area (Å²) in [6, 6.07) is 20.9. The van der Waals surface area contributed by atoms with Gasteiger partial charge in [-0.1, -0.05) is 54.6 Å². The van der Waals surface area contributed by atoms with Gasteiger partial charge in [-0.05, 0) is 36.3 Å². The molecule has 0 saturated heterocycles. The van der Waals surface area contributed by atoms with Crippen LogP contribution in [0.5, 0.6) is 0 Å². The fraction of sp³-hybridized carbons (Fsp3) is 0.200. The Morgan fingerprint density at radius 3 is 2.48 bits per heavy atom. The number of carbonyl (C=O) groups is 1. The fourth-order valence-corrected chi connectivity index (χ4v) is 3.63. The maximum atomic E-state index is 12.8. The van der Waals surface area contributed by atoms with Crippen molar-refractivity contribution in [2.24, 2.45) is 5.73 Å². The van der Waals surface area contributed by atoms with Gasteiger partial charge in [-0.25, -0.2) is 0 Å². The van der Waals surface area contributed by atoms with E-state index in [1.165, 1.54) is 6.07 Å². The van der Waals surface area contributed by atoms with Crippen molar-refractivity contribution in [3.05, 3.63) is 82.5 Å². The summed E-state index contributed by atoms with van der Waals surface area (Å²) < 4.78 is 6.23. The summed E-state index contributed by atoms with van der Waals surface area (Å²) in [4.78, 5) is 25.0. The SMILES string of the molecule is Cl.Cl.NCCCNCC(=O)NCc1cccc2c(=O)cc(-c3cccc4ccccc34)oc12. The summed E-state index contributed by atoms with van der Waals surface area (Å²) >= 11 is 0. The molecule has 4 aromatic rings. The number of para-hydroxylation sites is 1. The number of fused-ring (bicyclic) bond motifs is 2. The fourth-order valence-electron chi connectivity index (χ4n) is 3.63. The molecule has 1 aromatic heterocycles. The Balaban J connectivity index is 0.00000193. The van der Waals surface area contributed by atoms with Gasteiger partial charge in [-0.2, -0.15) is 0 Å². The summed E-state index contributed by atoms with van der Waals surface area (Å²) in [6.07, 6.45) is 0.818. The van der Waals surface area contributed by atoms with Crippen LogP contribution >= 0.6 is 24.8 Å². The van der Waals surface area contributed by atoms with Crippen molar-refractivity contribution in [3.8, 4) is 11.3 Å². The van der Waals surface area contributed by atoms with Gasteiger partial charge >= 0.3 is 0 Å². The molecule has 4 N–H and O–H groups in total. The molecule has 33 heavy (non-hydrogen) atoms. The molecule has 1 amide bonds. The lowest BCUT2D eigenvalue weighted by Gasteiger charge is -2.11. The minimum Gasteiger partial charge on any atom is -0.455 e. The van der Waals surface area contributed by atoms with Crippen molar-refractivity contribution in [1.29, 1.82) is 0 Å². The van der Waals surface area contributed by atoms with E-state index in [2.05, 4.69) is 10.6 Å². The number of nitrogens with one attached hydrogen (secondary N) is 2. The molecule has 0 aliphatic heterocycles. The Morgan fingerprint density at radius 1 is 0.939 bits per heavy atom. The molecule has 1 heterocycles. The van der Waals surface area contributed by atoms with Gasteiger partial charge in [0.05, 0.1) is 11.9 Å². The molecule has 0 bridgehead atoms. The molecule has 3 aromatic carbocycles. The van der Waals surface area contributed by atoms with Crippen LogP contribution in [0.1, 0.15) is 12.0 Å². The first-order valence-electron chi connectivity index (χ1n) is 10.4. The van der Waals surface area contributed by atoms with Gasteiger partial charge in [0, 0.05) is 23.7 Å². The molecule has 0 aliphatic carbocycles. The van der Waals surface area contributed by atoms with Crippen LogP contribution in [-0.4, -0.2) is 25.5 Å². The highest BCUT2D eigenvalue weighted by molar-refractivity contribution is 5.96. The van der Waals surface area contributed by atoms with Gasteiger partial charge in [0.1, 0.15) is 11.3 Å². The molecule has 0 aliphatic rings. The lowest BCUT2D eigenvalue weighted by atomic mass is 10.0. The van der Waals surface area contributed by atoms with Crippen molar-refractivity contribution >= 4 is 52.5 Å². The monoisotopic (exact) mass is 487 g/mol. The van der Waals surface area contributed by atoms with E-state index in [4.69, 9.17) is 10.2 Å². The lowest BCUT2D eigenvalue weighted by Crippen LogP contribution is -2.34. The molecule has 174 valence electrons. The topological polar surface area (TPSA) is 97.4 Å². The van der Waals surface area contributed by atoms with E-state index >= 15 is 0 Å². The molecule has 0 fully saturated rings. The largest absolute Gasteiger partial charge is 0.455 e. The molecule has 0 atom stereocenters. The Labute approximate surface area is 204 Å².